The number of aliphatic hydroxyl groups excluding tert-OH is 1. The summed E-state index contributed by atoms with van der Waals surface area (Å²) in [5.74, 6) is -1.52. The van der Waals surface area contributed by atoms with Crippen molar-refractivity contribution in [1.82, 2.24) is 0 Å². The van der Waals surface area contributed by atoms with Gasteiger partial charge in [-0.2, -0.15) is 0 Å². The van der Waals surface area contributed by atoms with Crippen LogP contribution in [0.5, 0.6) is 0 Å². The number of rotatable bonds is 58. The number of carbonyl (C=O) groups excluding carboxylic acids is 3. The fourth-order valence-corrected chi connectivity index (χ4v) is 9.18. The van der Waals surface area contributed by atoms with E-state index in [0.717, 1.165) is 141 Å². The molecule has 12 heteroatoms. The molecule has 11 nitrogen and oxygen atoms in total. The first-order valence-corrected chi connectivity index (χ1v) is 33.3. The van der Waals surface area contributed by atoms with Crippen LogP contribution in [0.25, 0.3) is 0 Å². The van der Waals surface area contributed by atoms with Crippen LogP contribution in [-0.4, -0.2) is 66.5 Å². The molecule has 0 bridgehead atoms. The number of phosphoric ester groups is 1. The summed E-state index contributed by atoms with van der Waals surface area (Å²) in [7, 11) is -4.77. The Morgan fingerprint density at radius 1 is 0.362 bits per heavy atom. The van der Waals surface area contributed by atoms with Crippen molar-refractivity contribution in [3.05, 3.63) is 109 Å². The fraction of sp³-hybridized carbons (Fsp3) is 0.691. The summed E-state index contributed by atoms with van der Waals surface area (Å²) < 4.78 is 39.7. The molecule has 0 aromatic rings. The third-order valence-corrected chi connectivity index (χ3v) is 14.1. The summed E-state index contributed by atoms with van der Waals surface area (Å²) in [6.07, 6.45) is 74.6. The van der Waals surface area contributed by atoms with Crippen molar-refractivity contribution in [2.24, 2.45) is 0 Å². The molecule has 0 aliphatic carbocycles. The second-order valence-corrected chi connectivity index (χ2v) is 22.3. The number of phosphoric acid groups is 1. The molecule has 0 rings (SSSR count). The van der Waals surface area contributed by atoms with E-state index in [1.807, 2.05) is 0 Å². The number of aliphatic hydroxyl groups is 1. The van der Waals surface area contributed by atoms with Gasteiger partial charge in [0.2, 0.25) is 0 Å². The van der Waals surface area contributed by atoms with Crippen LogP contribution >= 0.6 is 7.82 Å². The summed E-state index contributed by atoms with van der Waals surface area (Å²) in [5, 5.41) is 9.85. The molecule has 0 radical (unpaired) electrons. The molecule has 0 fully saturated rings. The van der Waals surface area contributed by atoms with E-state index in [1.165, 1.54) is 64.2 Å². The smallest absolute Gasteiger partial charge is 0.462 e. The molecular weight excluding hydrogens is 1020 g/mol. The quantitative estimate of drug-likeness (QED) is 0.0197. The molecule has 80 heavy (non-hydrogen) atoms. The second kappa shape index (κ2) is 61.2. The van der Waals surface area contributed by atoms with Crippen molar-refractivity contribution in [3.8, 4) is 0 Å². The molecule has 0 saturated heterocycles. The zero-order valence-electron chi connectivity index (χ0n) is 50.8. The lowest BCUT2D eigenvalue weighted by Crippen LogP contribution is -2.30. The van der Waals surface area contributed by atoms with Gasteiger partial charge >= 0.3 is 25.7 Å². The highest BCUT2D eigenvalue weighted by atomic mass is 31.2. The van der Waals surface area contributed by atoms with Gasteiger partial charge in [0.15, 0.2) is 6.10 Å². The number of carbonyl (C=O) groups is 3. The zero-order valence-corrected chi connectivity index (χ0v) is 51.7. The van der Waals surface area contributed by atoms with E-state index in [-0.39, 0.29) is 25.9 Å². The molecule has 0 amide bonds. The standard InChI is InChI=1S/C68H115O11P/c1-4-7-10-13-16-19-22-25-28-31-32-35-38-41-44-47-50-53-56-59-68(72)79-65(61-75-66(70)57-54-51-48-45-42-39-36-33-29-26-23-20-17-14-11-8-5-2)63-77-80(73,74)76-62-64(60-69)78-67(71)58-55-52-49-46-43-40-37-34-30-27-24-21-18-15-12-9-6-3/h7-8,10-11,16-17,19-20,25-30,32,35-36,39,64-65,69H,4-6,9,12-15,18,21-24,31,33-34,37-38,40-63H2,1-3H3,(H,73,74)/b10-7-,11-8-,19-16-,20-17-,28-25-,29-26-,30-27-,35-32-,39-36-. The van der Waals surface area contributed by atoms with Crippen LogP contribution in [0, 0.1) is 0 Å². The minimum atomic E-state index is -4.77. The number of hydrogen-bond acceptors (Lipinski definition) is 10. The Morgan fingerprint density at radius 2 is 0.650 bits per heavy atom. The molecule has 458 valence electrons. The Kier molecular flexibility index (Phi) is 58.3. The molecule has 0 aliphatic rings. The Morgan fingerprint density at radius 3 is 1.01 bits per heavy atom. The number of ether oxygens (including phenoxy) is 3. The lowest BCUT2D eigenvalue weighted by Gasteiger charge is -2.21. The number of esters is 3. The van der Waals surface area contributed by atoms with Crippen molar-refractivity contribution < 1.29 is 52.2 Å². The summed E-state index contributed by atoms with van der Waals surface area (Å²) in [4.78, 5) is 48.8. The largest absolute Gasteiger partial charge is 0.472 e. The molecule has 0 saturated carbocycles. The highest BCUT2D eigenvalue weighted by Crippen LogP contribution is 2.43. The van der Waals surface area contributed by atoms with Gasteiger partial charge in [0, 0.05) is 19.3 Å². The highest BCUT2D eigenvalue weighted by molar-refractivity contribution is 7.47. The van der Waals surface area contributed by atoms with Gasteiger partial charge in [-0.15, -0.1) is 0 Å². The second-order valence-electron chi connectivity index (χ2n) is 20.8. The summed E-state index contributed by atoms with van der Waals surface area (Å²) in [6.45, 7) is 4.39. The molecular formula is C68H115O11P. The van der Waals surface area contributed by atoms with E-state index in [9.17, 15) is 28.9 Å². The van der Waals surface area contributed by atoms with Gasteiger partial charge in [0.25, 0.3) is 0 Å². The Labute approximate surface area is 488 Å². The van der Waals surface area contributed by atoms with Crippen LogP contribution in [0.2, 0.25) is 0 Å². The minimum Gasteiger partial charge on any atom is -0.462 e. The van der Waals surface area contributed by atoms with Gasteiger partial charge in [-0.3, -0.25) is 23.4 Å². The topological polar surface area (TPSA) is 155 Å². The van der Waals surface area contributed by atoms with E-state index in [1.54, 1.807) is 0 Å². The summed E-state index contributed by atoms with van der Waals surface area (Å²) in [5.41, 5.74) is 0. The third-order valence-electron chi connectivity index (χ3n) is 13.2. The van der Waals surface area contributed by atoms with Crippen LogP contribution < -0.4 is 0 Å². The fourth-order valence-electron chi connectivity index (χ4n) is 8.39. The van der Waals surface area contributed by atoms with Gasteiger partial charge in [-0.1, -0.05) is 233 Å². The van der Waals surface area contributed by atoms with Crippen molar-refractivity contribution in [2.75, 3.05) is 26.4 Å². The van der Waals surface area contributed by atoms with E-state index in [4.69, 9.17) is 23.3 Å². The normalized spacial score (nSPS) is 14.0. The summed E-state index contributed by atoms with van der Waals surface area (Å²) in [6, 6.07) is 0. The van der Waals surface area contributed by atoms with E-state index in [0.29, 0.717) is 19.3 Å². The first-order chi connectivity index (χ1) is 39.2. The number of unbranched alkanes of at least 4 members (excludes halogenated alkanes) is 23. The van der Waals surface area contributed by atoms with Crippen LogP contribution in [-0.2, 0) is 42.2 Å². The summed E-state index contributed by atoms with van der Waals surface area (Å²) >= 11 is 0. The predicted octanol–water partition coefficient (Wildman–Crippen LogP) is 19.4. The molecule has 0 spiro atoms. The van der Waals surface area contributed by atoms with Gasteiger partial charge in [0.05, 0.1) is 19.8 Å². The maximum atomic E-state index is 13.0. The lowest BCUT2D eigenvalue weighted by molar-refractivity contribution is -0.161. The SMILES string of the molecule is CC/C=C\C/C=C\C/C=C\C/C=C\CCCCCCCCC(=O)OC(COC(=O)CCCCCC/C=C\C/C=C\C/C=C\C/C=C\CC)COP(=O)(O)OCC(CO)OC(=O)CCCCCCCCC/C=C\CCCCCCCC. The molecule has 0 heterocycles. The average Bonchev–Trinajstić information content (AvgIpc) is 3.45. The first-order valence-electron chi connectivity index (χ1n) is 31.8. The molecule has 3 unspecified atom stereocenters. The predicted molar refractivity (Wildman–Crippen MR) is 334 cm³/mol. The van der Waals surface area contributed by atoms with Gasteiger partial charge < -0.3 is 24.2 Å². The maximum Gasteiger partial charge on any atom is 0.472 e. The maximum absolute atomic E-state index is 13.0. The third kappa shape index (κ3) is 58.8. The molecule has 0 aromatic heterocycles. The number of hydrogen-bond donors (Lipinski definition) is 2. The van der Waals surface area contributed by atoms with Crippen LogP contribution in [0.15, 0.2) is 109 Å². The van der Waals surface area contributed by atoms with E-state index >= 15 is 0 Å². The van der Waals surface area contributed by atoms with Crippen LogP contribution in [0.4, 0.5) is 0 Å². The molecule has 2 N–H and O–H groups in total. The lowest BCUT2D eigenvalue weighted by atomic mass is 10.1. The Hall–Kier alpha value is -3.86. The Bertz CT molecular complexity index is 1760. The number of allylic oxidation sites excluding steroid dienone is 18. The highest BCUT2D eigenvalue weighted by Gasteiger charge is 2.28. The monoisotopic (exact) mass is 1140 g/mol. The Balaban J connectivity index is 4.77. The zero-order chi connectivity index (χ0) is 58.3. The van der Waals surface area contributed by atoms with Crippen LogP contribution in [0.3, 0.4) is 0 Å². The van der Waals surface area contributed by atoms with Crippen molar-refractivity contribution in [2.45, 2.75) is 277 Å². The average molecular weight is 1140 g/mol. The van der Waals surface area contributed by atoms with Crippen molar-refractivity contribution >= 4 is 25.7 Å². The van der Waals surface area contributed by atoms with Crippen molar-refractivity contribution in [3.63, 3.8) is 0 Å². The minimum absolute atomic E-state index is 0.141. The molecule has 0 aromatic carbocycles. The van der Waals surface area contributed by atoms with E-state index in [2.05, 4.69) is 130 Å². The van der Waals surface area contributed by atoms with E-state index < -0.39 is 57.8 Å². The molecule has 0 aliphatic heterocycles. The molecule has 3 atom stereocenters. The van der Waals surface area contributed by atoms with Crippen LogP contribution in [0.1, 0.15) is 265 Å². The van der Waals surface area contributed by atoms with Gasteiger partial charge in [0.1, 0.15) is 12.7 Å². The van der Waals surface area contributed by atoms with Crippen molar-refractivity contribution in [1.29, 1.82) is 0 Å². The first kappa shape index (κ1) is 76.1. The van der Waals surface area contributed by atoms with Gasteiger partial charge in [-0.25, -0.2) is 4.57 Å². The van der Waals surface area contributed by atoms with Gasteiger partial charge in [-0.05, 0) is 122 Å².